The normalized spacial score (nSPS) is 12.3. The van der Waals surface area contributed by atoms with Crippen LogP contribution in [0.5, 0.6) is 0 Å². The van der Waals surface area contributed by atoms with Crippen LogP contribution in [0, 0.1) is 11.8 Å². The van der Waals surface area contributed by atoms with Crippen molar-refractivity contribution in [1.82, 2.24) is 0 Å². The van der Waals surface area contributed by atoms with Crippen molar-refractivity contribution < 1.29 is 19.1 Å². The highest BCUT2D eigenvalue weighted by atomic mass is 16.5. The summed E-state index contributed by atoms with van der Waals surface area (Å²) >= 11 is 0. The zero-order valence-electron chi connectivity index (χ0n) is 15.5. The molecule has 0 amide bonds. The van der Waals surface area contributed by atoms with Gasteiger partial charge in [0.1, 0.15) is 0 Å². The lowest BCUT2D eigenvalue weighted by atomic mass is 10.0. The molecule has 0 radical (unpaired) electrons. The maximum Gasteiger partial charge on any atom is 0.339 e. The van der Waals surface area contributed by atoms with Crippen LogP contribution in [0.25, 0.3) is 0 Å². The third-order valence-electron chi connectivity index (χ3n) is 3.62. The predicted molar refractivity (Wildman–Crippen MR) is 95.1 cm³/mol. The molecule has 4 heteroatoms. The van der Waals surface area contributed by atoms with E-state index in [4.69, 9.17) is 9.47 Å². The molecule has 0 aliphatic rings. The lowest BCUT2D eigenvalue weighted by Gasteiger charge is -2.15. The quantitative estimate of drug-likeness (QED) is 0.605. The Morgan fingerprint density at radius 1 is 0.875 bits per heavy atom. The van der Waals surface area contributed by atoms with Crippen molar-refractivity contribution in [3.05, 3.63) is 35.4 Å². The molecule has 0 bridgehead atoms. The van der Waals surface area contributed by atoms with Crippen molar-refractivity contribution in [2.45, 2.75) is 60.0 Å². The largest absolute Gasteiger partial charge is 0.462 e. The molecule has 0 aliphatic heterocycles. The Morgan fingerprint density at radius 2 is 1.46 bits per heavy atom. The van der Waals surface area contributed by atoms with Gasteiger partial charge in [-0.2, -0.15) is 0 Å². The number of carbonyl (C=O) groups excluding carboxylic acids is 2. The van der Waals surface area contributed by atoms with Gasteiger partial charge in [-0.1, -0.05) is 46.2 Å². The Morgan fingerprint density at radius 3 is 2.00 bits per heavy atom. The first-order valence-corrected chi connectivity index (χ1v) is 8.78. The van der Waals surface area contributed by atoms with Gasteiger partial charge < -0.3 is 9.47 Å². The molecule has 134 valence electrons. The molecule has 4 nitrogen and oxygen atoms in total. The van der Waals surface area contributed by atoms with Gasteiger partial charge in [-0.15, -0.1) is 0 Å². The molecule has 0 spiro atoms. The van der Waals surface area contributed by atoms with Gasteiger partial charge in [0.15, 0.2) is 0 Å². The fourth-order valence-electron chi connectivity index (χ4n) is 2.28. The summed E-state index contributed by atoms with van der Waals surface area (Å²) in [5.74, 6) is -0.0637. The molecule has 1 aromatic carbocycles. The van der Waals surface area contributed by atoms with Crippen molar-refractivity contribution in [1.29, 1.82) is 0 Å². The average Bonchev–Trinajstić information content (AvgIpc) is 2.52. The Labute approximate surface area is 145 Å². The molecule has 0 N–H and O–H groups in total. The van der Waals surface area contributed by atoms with Crippen LogP contribution in [-0.2, 0) is 9.47 Å². The van der Waals surface area contributed by atoms with Gasteiger partial charge in [-0.3, -0.25) is 0 Å². The van der Waals surface area contributed by atoms with Gasteiger partial charge in [-0.05, 0) is 43.7 Å². The second-order valence-corrected chi connectivity index (χ2v) is 7.08. The number of carbonyl (C=O) groups is 2. The zero-order chi connectivity index (χ0) is 18.1. The van der Waals surface area contributed by atoms with Crippen LogP contribution < -0.4 is 0 Å². The Balaban J connectivity index is 2.68. The summed E-state index contributed by atoms with van der Waals surface area (Å²) in [4.78, 5) is 24.6. The maximum atomic E-state index is 12.4. The van der Waals surface area contributed by atoms with Gasteiger partial charge >= 0.3 is 11.9 Å². The molecule has 0 aliphatic carbocycles. The third kappa shape index (κ3) is 7.16. The van der Waals surface area contributed by atoms with E-state index in [1.54, 1.807) is 24.3 Å². The highest BCUT2D eigenvalue weighted by molar-refractivity contribution is 6.03. The summed E-state index contributed by atoms with van der Waals surface area (Å²) < 4.78 is 10.7. The first-order valence-electron chi connectivity index (χ1n) is 8.78. The Bertz CT molecular complexity index is 534. The average molecular weight is 334 g/mol. The summed E-state index contributed by atoms with van der Waals surface area (Å²) in [6, 6.07) is 6.64. The van der Waals surface area contributed by atoms with Crippen LogP contribution in [0.1, 0.15) is 74.6 Å². The molecule has 0 heterocycles. The van der Waals surface area contributed by atoms with Gasteiger partial charge in [0.2, 0.25) is 0 Å². The van der Waals surface area contributed by atoms with E-state index >= 15 is 0 Å². The minimum Gasteiger partial charge on any atom is -0.462 e. The highest BCUT2D eigenvalue weighted by Crippen LogP contribution is 2.16. The van der Waals surface area contributed by atoms with E-state index < -0.39 is 11.9 Å². The Hall–Kier alpha value is -1.84. The molecule has 0 fully saturated rings. The molecule has 1 unspecified atom stereocenters. The SMILES string of the molecule is CC(C)CCCC(C)OC(=O)c1ccccc1C(=O)OCC(C)C. The van der Waals surface area contributed by atoms with E-state index in [0.29, 0.717) is 12.5 Å². The first kappa shape index (κ1) is 20.2. The van der Waals surface area contributed by atoms with Crippen LogP contribution in [0.15, 0.2) is 24.3 Å². The topological polar surface area (TPSA) is 52.6 Å². The van der Waals surface area contributed by atoms with E-state index in [2.05, 4.69) is 13.8 Å². The molecule has 1 atom stereocenters. The summed E-state index contributed by atoms with van der Waals surface area (Å²) in [6.07, 6.45) is 2.78. The van der Waals surface area contributed by atoms with Crippen LogP contribution >= 0.6 is 0 Å². The van der Waals surface area contributed by atoms with E-state index in [1.807, 2.05) is 20.8 Å². The van der Waals surface area contributed by atoms with Crippen molar-refractivity contribution >= 4 is 11.9 Å². The van der Waals surface area contributed by atoms with E-state index in [0.717, 1.165) is 19.3 Å². The fraction of sp³-hybridized carbons (Fsp3) is 0.600. The number of benzene rings is 1. The van der Waals surface area contributed by atoms with Gasteiger partial charge in [-0.25, -0.2) is 9.59 Å². The zero-order valence-corrected chi connectivity index (χ0v) is 15.5. The molecule has 0 saturated heterocycles. The minimum atomic E-state index is -0.483. The summed E-state index contributed by atoms with van der Waals surface area (Å²) in [7, 11) is 0. The first-order chi connectivity index (χ1) is 11.3. The molecule has 0 aromatic heterocycles. The predicted octanol–water partition coefficient (Wildman–Crippen LogP) is 4.87. The van der Waals surface area contributed by atoms with Crippen molar-refractivity contribution in [3.63, 3.8) is 0 Å². The smallest absolute Gasteiger partial charge is 0.339 e. The molecule has 24 heavy (non-hydrogen) atoms. The Kier molecular flexibility index (Phi) is 8.51. The second-order valence-electron chi connectivity index (χ2n) is 7.08. The fourth-order valence-corrected chi connectivity index (χ4v) is 2.28. The van der Waals surface area contributed by atoms with E-state index in [-0.39, 0.29) is 23.1 Å². The van der Waals surface area contributed by atoms with Crippen molar-refractivity contribution in [2.75, 3.05) is 6.61 Å². The maximum absolute atomic E-state index is 12.4. The number of ether oxygens (including phenoxy) is 2. The van der Waals surface area contributed by atoms with E-state index in [1.165, 1.54) is 0 Å². The second kappa shape index (κ2) is 10.1. The molecule has 0 saturated carbocycles. The monoisotopic (exact) mass is 334 g/mol. The van der Waals surface area contributed by atoms with Crippen LogP contribution in [0.4, 0.5) is 0 Å². The van der Waals surface area contributed by atoms with Gasteiger partial charge in [0, 0.05) is 0 Å². The number of hydrogen-bond acceptors (Lipinski definition) is 4. The number of esters is 2. The van der Waals surface area contributed by atoms with Crippen molar-refractivity contribution in [2.24, 2.45) is 11.8 Å². The van der Waals surface area contributed by atoms with Gasteiger partial charge in [0.05, 0.1) is 23.8 Å². The molecular formula is C20H30O4. The third-order valence-corrected chi connectivity index (χ3v) is 3.62. The molecule has 1 rings (SSSR count). The molecule has 1 aromatic rings. The lowest BCUT2D eigenvalue weighted by molar-refractivity contribution is 0.0303. The summed E-state index contributed by atoms with van der Waals surface area (Å²) in [5, 5.41) is 0. The number of rotatable bonds is 9. The highest BCUT2D eigenvalue weighted by Gasteiger charge is 2.20. The van der Waals surface area contributed by atoms with Crippen molar-refractivity contribution in [3.8, 4) is 0 Å². The standard InChI is InChI=1S/C20H30O4/c1-14(2)9-8-10-16(5)24-20(22)18-12-7-6-11-17(18)19(21)23-13-15(3)4/h6-7,11-12,14-16H,8-10,13H2,1-5H3. The van der Waals surface area contributed by atoms with E-state index in [9.17, 15) is 9.59 Å². The minimum absolute atomic E-state index is 0.170. The summed E-state index contributed by atoms with van der Waals surface area (Å²) in [6.45, 7) is 10.5. The van der Waals surface area contributed by atoms with Crippen LogP contribution in [0.3, 0.4) is 0 Å². The van der Waals surface area contributed by atoms with Gasteiger partial charge in [0.25, 0.3) is 0 Å². The lowest BCUT2D eigenvalue weighted by Crippen LogP contribution is -2.19. The number of hydrogen-bond donors (Lipinski definition) is 0. The van der Waals surface area contributed by atoms with Crippen LogP contribution in [0.2, 0.25) is 0 Å². The molecular weight excluding hydrogens is 304 g/mol. The van der Waals surface area contributed by atoms with Crippen LogP contribution in [-0.4, -0.2) is 24.6 Å². The summed E-state index contributed by atoms with van der Waals surface area (Å²) in [5.41, 5.74) is 0.527.